The maximum Gasteiger partial charge on any atom is 0.322 e. The van der Waals surface area contributed by atoms with Gasteiger partial charge >= 0.3 is 6.03 Å². The molecule has 0 atom stereocenters. The number of nitrogens with zero attached hydrogens (tertiary/aromatic N) is 2. The average Bonchev–Trinajstić information content (AvgIpc) is 2.92. The molecular formula is C31H40ClFN4O4S. The number of piperidine rings is 1. The third-order valence-electron chi connectivity index (χ3n) is 7.07. The fourth-order valence-electron chi connectivity index (χ4n) is 4.92. The molecule has 2 amide bonds. The Kier molecular flexibility index (Phi) is 12.0. The van der Waals surface area contributed by atoms with Gasteiger partial charge in [0.25, 0.3) is 0 Å². The standard InChI is InChI=1S/C31H39FN4O4S.ClH/c1-4-5-18-36(30-15-8-25(32)21-23(30)2)31(37)33-26-16-19-35(20-17-26)22-24-6-11-28(12-7-24)40-29-13-9-27(10-14-29)34-41(3,38)39;/h6-15,21,26,34H,4-5,16-20,22H2,1-3H3,(H,33,37);1H. The van der Waals surface area contributed by atoms with E-state index in [0.717, 1.165) is 62.8 Å². The number of nitrogens with one attached hydrogen (secondary N) is 2. The van der Waals surface area contributed by atoms with E-state index < -0.39 is 10.0 Å². The van der Waals surface area contributed by atoms with Gasteiger partial charge in [0.15, 0.2) is 0 Å². The lowest BCUT2D eigenvalue weighted by atomic mass is 10.0. The van der Waals surface area contributed by atoms with Gasteiger partial charge < -0.3 is 10.1 Å². The summed E-state index contributed by atoms with van der Waals surface area (Å²) in [5.74, 6) is 1.01. The molecule has 1 aliphatic heterocycles. The second-order valence-electron chi connectivity index (χ2n) is 10.6. The molecule has 0 radical (unpaired) electrons. The van der Waals surface area contributed by atoms with Crippen LogP contribution in [0.5, 0.6) is 11.5 Å². The van der Waals surface area contributed by atoms with Gasteiger partial charge in [-0.15, -0.1) is 12.4 Å². The minimum absolute atomic E-state index is 0. The highest BCUT2D eigenvalue weighted by Crippen LogP contribution is 2.25. The predicted molar refractivity (Wildman–Crippen MR) is 169 cm³/mol. The van der Waals surface area contributed by atoms with Gasteiger partial charge in [-0.2, -0.15) is 0 Å². The molecule has 42 heavy (non-hydrogen) atoms. The van der Waals surface area contributed by atoms with Crippen LogP contribution in [-0.2, 0) is 16.6 Å². The lowest BCUT2D eigenvalue weighted by Crippen LogP contribution is -2.49. The van der Waals surface area contributed by atoms with Crippen LogP contribution in [0, 0.1) is 12.7 Å². The number of hydrogen-bond acceptors (Lipinski definition) is 5. The SMILES string of the molecule is CCCCN(C(=O)NC1CCN(Cc2ccc(Oc3ccc(NS(C)(=O)=O)cc3)cc2)CC1)c1ccc(F)cc1C.Cl. The second-order valence-corrected chi connectivity index (χ2v) is 12.3. The van der Waals surface area contributed by atoms with Crippen molar-refractivity contribution >= 4 is 39.8 Å². The summed E-state index contributed by atoms with van der Waals surface area (Å²) in [6, 6.07) is 19.2. The number of benzene rings is 3. The first-order chi connectivity index (χ1) is 19.6. The quantitative estimate of drug-likeness (QED) is 0.250. The Bertz CT molecular complexity index is 1410. The van der Waals surface area contributed by atoms with Crippen LogP contribution >= 0.6 is 12.4 Å². The lowest BCUT2D eigenvalue weighted by Gasteiger charge is -2.34. The van der Waals surface area contributed by atoms with Crippen molar-refractivity contribution in [3.8, 4) is 11.5 Å². The molecule has 1 aliphatic rings. The Morgan fingerprint density at radius 1 is 1.02 bits per heavy atom. The summed E-state index contributed by atoms with van der Waals surface area (Å²) < 4.78 is 44.7. The smallest absolute Gasteiger partial charge is 0.322 e. The van der Waals surface area contributed by atoms with Crippen molar-refractivity contribution in [2.45, 2.75) is 52.1 Å². The number of urea groups is 1. The molecule has 2 N–H and O–H groups in total. The Balaban J connectivity index is 0.00000484. The summed E-state index contributed by atoms with van der Waals surface area (Å²) in [4.78, 5) is 17.4. The highest BCUT2D eigenvalue weighted by molar-refractivity contribution is 7.92. The molecule has 11 heteroatoms. The highest BCUT2D eigenvalue weighted by Gasteiger charge is 2.24. The van der Waals surface area contributed by atoms with E-state index in [4.69, 9.17) is 4.74 Å². The molecule has 0 spiro atoms. The van der Waals surface area contributed by atoms with Gasteiger partial charge in [-0.25, -0.2) is 17.6 Å². The minimum Gasteiger partial charge on any atom is -0.457 e. The number of carbonyl (C=O) groups is 1. The summed E-state index contributed by atoms with van der Waals surface area (Å²) >= 11 is 0. The van der Waals surface area contributed by atoms with E-state index in [-0.39, 0.29) is 30.3 Å². The van der Waals surface area contributed by atoms with Gasteiger partial charge in [0.2, 0.25) is 10.0 Å². The largest absolute Gasteiger partial charge is 0.457 e. The van der Waals surface area contributed by atoms with Crippen molar-refractivity contribution in [3.05, 3.63) is 83.7 Å². The van der Waals surface area contributed by atoms with Crippen molar-refractivity contribution in [1.29, 1.82) is 0 Å². The van der Waals surface area contributed by atoms with Crippen molar-refractivity contribution < 1.29 is 22.3 Å². The Morgan fingerprint density at radius 3 is 2.21 bits per heavy atom. The zero-order chi connectivity index (χ0) is 29.4. The lowest BCUT2D eigenvalue weighted by molar-refractivity contribution is 0.188. The highest BCUT2D eigenvalue weighted by atomic mass is 35.5. The molecule has 0 bridgehead atoms. The van der Waals surface area contributed by atoms with Gasteiger partial charge in [-0.05, 0) is 91.9 Å². The molecular weight excluding hydrogens is 579 g/mol. The van der Waals surface area contributed by atoms with E-state index >= 15 is 0 Å². The van der Waals surface area contributed by atoms with E-state index in [1.165, 1.54) is 17.7 Å². The van der Waals surface area contributed by atoms with Crippen LogP contribution in [-0.4, -0.2) is 51.3 Å². The molecule has 3 aromatic rings. The van der Waals surface area contributed by atoms with E-state index in [9.17, 15) is 17.6 Å². The van der Waals surface area contributed by atoms with Crippen molar-refractivity contribution in [3.63, 3.8) is 0 Å². The zero-order valence-corrected chi connectivity index (χ0v) is 25.9. The Hall–Kier alpha value is -3.34. The van der Waals surface area contributed by atoms with Gasteiger partial charge in [-0.3, -0.25) is 14.5 Å². The fourth-order valence-corrected chi connectivity index (χ4v) is 5.48. The number of unbranched alkanes of at least 4 members (excludes halogenated alkanes) is 1. The van der Waals surface area contributed by atoms with Gasteiger partial charge in [-0.1, -0.05) is 25.5 Å². The number of carbonyl (C=O) groups excluding carboxylic acids is 1. The average molecular weight is 619 g/mol. The zero-order valence-electron chi connectivity index (χ0n) is 24.3. The van der Waals surface area contributed by atoms with E-state index in [1.807, 2.05) is 31.2 Å². The Labute approximate surface area is 254 Å². The molecule has 8 nitrogen and oxygen atoms in total. The summed E-state index contributed by atoms with van der Waals surface area (Å²) in [5, 5.41) is 3.21. The molecule has 0 unspecified atom stereocenters. The third-order valence-corrected chi connectivity index (χ3v) is 7.67. The summed E-state index contributed by atoms with van der Waals surface area (Å²) in [6.45, 7) is 7.08. The number of sulfonamides is 1. The maximum absolute atomic E-state index is 13.6. The fraction of sp³-hybridized carbons (Fsp3) is 0.387. The van der Waals surface area contributed by atoms with Crippen molar-refractivity contribution in [2.75, 3.05) is 35.5 Å². The van der Waals surface area contributed by atoms with Crippen molar-refractivity contribution in [1.82, 2.24) is 10.2 Å². The number of aryl methyl sites for hydroxylation is 1. The van der Waals surface area contributed by atoms with Crippen LogP contribution in [0.2, 0.25) is 0 Å². The molecule has 1 saturated heterocycles. The normalized spacial score (nSPS) is 14.1. The number of halogens is 2. The number of amides is 2. The summed E-state index contributed by atoms with van der Waals surface area (Å²) in [6.07, 6.45) is 4.68. The molecule has 0 aliphatic carbocycles. The Morgan fingerprint density at radius 2 is 1.64 bits per heavy atom. The predicted octanol–water partition coefficient (Wildman–Crippen LogP) is 6.70. The van der Waals surface area contributed by atoms with Gasteiger partial charge in [0.1, 0.15) is 17.3 Å². The first-order valence-corrected chi connectivity index (χ1v) is 15.9. The molecule has 4 rings (SSSR count). The minimum atomic E-state index is -3.32. The molecule has 0 aromatic heterocycles. The number of hydrogen-bond donors (Lipinski definition) is 2. The second kappa shape index (κ2) is 15.2. The van der Waals surface area contributed by atoms with Crippen LogP contribution in [0.1, 0.15) is 43.7 Å². The molecule has 228 valence electrons. The first kappa shape index (κ1) is 33.2. The maximum atomic E-state index is 13.6. The monoisotopic (exact) mass is 618 g/mol. The van der Waals surface area contributed by atoms with Crippen LogP contribution in [0.25, 0.3) is 0 Å². The summed E-state index contributed by atoms with van der Waals surface area (Å²) in [5.41, 5.74) is 3.16. The van der Waals surface area contributed by atoms with Crippen LogP contribution in [0.15, 0.2) is 66.7 Å². The topological polar surface area (TPSA) is 91.0 Å². The number of rotatable bonds is 11. The van der Waals surface area contributed by atoms with E-state index in [2.05, 4.69) is 21.9 Å². The van der Waals surface area contributed by atoms with Crippen molar-refractivity contribution in [2.24, 2.45) is 0 Å². The van der Waals surface area contributed by atoms with E-state index in [1.54, 1.807) is 35.2 Å². The summed E-state index contributed by atoms with van der Waals surface area (Å²) in [7, 11) is -3.32. The third kappa shape index (κ3) is 9.89. The van der Waals surface area contributed by atoms with E-state index in [0.29, 0.717) is 23.7 Å². The van der Waals surface area contributed by atoms with Crippen LogP contribution < -0.4 is 19.7 Å². The van der Waals surface area contributed by atoms with Crippen LogP contribution in [0.3, 0.4) is 0 Å². The number of anilines is 2. The number of ether oxygens (including phenoxy) is 1. The molecule has 1 heterocycles. The molecule has 0 saturated carbocycles. The van der Waals surface area contributed by atoms with Crippen LogP contribution in [0.4, 0.5) is 20.6 Å². The first-order valence-electron chi connectivity index (χ1n) is 14.0. The van der Waals surface area contributed by atoms with Gasteiger partial charge in [0.05, 0.1) is 6.26 Å². The molecule has 1 fully saturated rings. The molecule has 3 aromatic carbocycles. The number of likely N-dealkylation sites (tertiary alicyclic amines) is 1. The van der Waals surface area contributed by atoms with Gasteiger partial charge in [0, 0.05) is 43.6 Å².